The molecule has 0 saturated carbocycles. The van der Waals surface area contributed by atoms with Crippen LogP contribution in [0, 0.1) is 5.92 Å². The Kier molecular flexibility index (Phi) is 6.34. The monoisotopic (exact) mass is 350 g/mol. The van der Waals surface area contributed by atoms with Gasteiger partial charge in [0.05, 0.1) is 0 Å². The molecule has 0 radical (unpaired) electrons. The Labute approximate surface area is 147 Å². The molecule has 0 fully saturated rings. The quantitative estimate of drug-likeness (QED) is 0.802. The van der Waals surface area contributed by atoms with Crippen LogP contribution in [0.1, 0.15) is 48.9 Å². The van der Waals surface area contributed by atoms with Gasteiger partial charge in [0.15, 0.2) is 5.82 Å². The lowest BCUT2D eigenvalue weighted by Gasteiger charge is -2.18. The van der Waals surface area contributed by atoms with E-state index in [2.05, 4.69) is 20.8 Å². The molecule has 0 aliphatic heterocycles. The first kappa shape index (κ1) is 18.4. The van der Waals surface area contributed by atoms with E-state index in [1.807, 2.05) is 27.8 Å². The zero-order chi connectivity index (χ0) is 17.7. The molecule has 1 aromatic heterocycles. The number of amides is 1. The third-order valence-corrected chi connectivity index (χ3v) is 4.04. The van der Waals surface area contributed by atoms with E-state index >= 15 is 0 Å². The van der Waals surface area contributed by atoms with E-state index in [1.54, 1.807) is 24.3 Å². The van der Waals surface area contributed by atoms with Gasteiger partial charge in [-0.2, -0.15) is 4.98 Å². The van der Waals surface area contributed by atoms with Gasteiger partial charge in [0.1, 0.15) is 6.04 Å². The molecule has 0 aliphatic rings. The Bertz CT molecular complexity index is 669. The number of benzene rings is 1. The van der Waals surface area contributed by atoms with Crippen LogP contribution in [0.3, 0.4) is 0 Å². The number of carbonyl (C=O) groups excluding carboxylic acids is 1. The first-order chi connectivity index (χ1) is 11.4. The highest BCUT2D eigenvalue weighted by Crippen LogP contribution is 2.21. The van der Waals surface area contributed by atoms with Crippen LogP contribution in [-0.4, -0.2) is 29.1 Å². The maximum atomic E-state index is 12.4. The average Bonchev–Trinajstić information content (AvgIpc) is 3.00. The van der Waals surface area contributed by atoms with Crippen LogP contribution in [0.2, 0.25) is 5.02 Å². The van der Waals surface area contributed by atoms with Crippen molar-refractivity contribution in [2.24, 2.45) is 5.92 Å². The molecule has 24 heavy (non-hydrogen) atoms. The third kappa shape index (κ3) is 4.79. The molecule has 0 bridgehead atoms. The Morgan fingerprint density at radius 2 is 1.92 bits per heavy atom. The number of nitrogens with zero attached hydrogens (tertiary/aromatic N) is 2. The van der Waals surface area contributed by atoms with Crippen molar-refractivity contribution in [2.45, 2.75) is 39.3 Å². The summed E-state index contributed by atoms with van der Waals surface area (Å²) in [6, 6.07) is 6.64. The minimum Gasteiger partial charge on any atom is -0.340 e. The zero-order valence-electron chi connectivity index (χ0n) is 14.3. The van der Waals surface area contributed by atoms with E-state index in [0.29, 0.717) is 28.7 Å². The van der Waals surface area contributed by atoms with Gasteiger partial charge in [-0.05, 0) is 44.2 Å². The lowest BCUT2D eigenvalue weighted by atomic mass is 10.0. The van der Waals surface area contributed by atoms with Gasteiger partial charge in [-0.25, -0.2) is 0 Å². The molecule has 1 aromatic carbocycles. The van der Waals surface area contributed by atoms with Crippen LogP contribution >= 0.6 is 11.6 Å². The normalized spacial score (nSPS) is 13.8. The highest BCUT2D eigenvalue weighted by Gasteiger charge is 2.25. The van der Waals surface area contributed by atoms with E-state index < -0.39 is 0 Å². The standard InChI is InChI=1S/C17H23ClN4O2/c1-10(2)15(17-20-14(22-24-17)9-11(3)19-4)21-16(23)12-5-7-13(18)8-6-12/h5-8,10-11,15,19H,9H2,1-4H3,(H,21,23). The first-order valence-electron chi connectivity index (χ1n) is 7.97. The number of aromatic nitrogens is 2. The molecule has 2 atom stereocenters. The van der Waals surface area contributed by atoms with Gasteiger partial charge >= 0.3 is 0 Å². The molecule has 2 aromatic rings. The second-order valence-corrected chi connectivity index (χ2v) is 6.58. The molecule has 130 valence electrons. The number of hydrogen-bond acceptors (Lipinski definition) is 5. The first-order valence-corrected chi connectivity index (χ1v) is 8.34. The fraction of sp³-hybridized carbons (Fsp3) is 0.471. The van der Waals surface area contributed by atoms with Crippen LogP contribution < -0.4 is 10.6 Å². The largest absolute Gasteiger partial charge is 0.340 e. The van der Waals surface area contributed by atoms with Gasteiger partial charge in [0.25, 0.3) is 5.91 Å². The predicted octanol–water partition coefficient (Wildman–Crippen LogP) is 3.00. The predicted molar refractivity (Wildman–Crippen MR) is 93.0 cm³/mol. The van der Waals surface area contributed by atoms with Gasteiger partial charge in [-0.15, -0.1) is 0 Å². The van der Waals surface area contributed by atoms with Crippen LogP contribution in [0.4, 0.5) is 0 Å². The highest BCUT2D eigenvalue weighted by atomic mass is 35.5. The lowest BCUT2D eigenvalue weighted by Crippen LogP contribution is -2.32. The van der Waals surface area contributed by atoms with E-state index in [-0.39, 0.29) is 23.9 Å². The molecule has 2 unspecified atom stereocenters. The summed E-state index contributed by atoms with van der Waals surface area (Å²) in [5, 5.41) is 10.7. The van der Waals surface area contributed by atoms with Crippen molar-refractivity contribution in [3.05, 3.63) is 46.6 Å². The lowest BCUT2D eigenvalue weighted by molar-refractivity contribution is 0.0914. The second-order valence-electron chi connectivity index (χ2n) is 6.14. The van der Waals surface area contributed by atoms with Crippen LogP contribution in [0.25, 0.3) is 0 Å². The molecule has 0 saturated heterocycles. The van der Waals surface area contributed by atoms with E-state index in [1.165, 1.54) is 0 Å². The summed E-state index contributed by atoms with van der Waals surface area (Å²) in [4.78, 5) is 16.8. The van der Waals surface area contributed by atoms with Crippen molar-refractivity contribution in [3.8, 4) is 0 Å². The number of carbonyl (C=O) groups is 1. The van der Waals surface area contributed by atoms with Crippen molar-refractivity contribution in [1.29, 1.82) is 0 Å². The third-order valence-electron chi connectivity index (χ3n) is 3.79. The molecule has 2 N–H and O–H groups in total. The van der Waals surface area contributed by atoms with Crippen molar-refractivity contribution in [3.63, 3.8) is 0 Å². The smallest absolute Gasteiger partial charge is 0.251 e. The Morgan fingerprint density at radius 3 is 2.50 bits per heavy atom. The molecule has 2 rings (SSSR count). The number of hydrogen-bond donors (Lipinski definition) is 2. The minimum atomic E-state index is -0.348. The Morgan fingerprint density at radius 1 is 1.25 bits per heavy atom. The Hall–Kier alpha value is -1.92. The van der Waals surface area contributed by atoms with Crippen LogP contribution in [0.15, 0.2) is 28.8 Å². The van der Waals surface area contributed by atoms with E-state index in [9.17, 15) is 4.79 Å². The molecule has 1 heterocycles. The van der Waals surface area contributed by atoms with Crippen molar-refractivity contribution >= 4 is 17.5 Å². The summed E-state index contributed by atoms with van der Waals surface area (Å²) in [5.41, 5.74) is 0.536. The second kappa shape index (κ2) is 8.26. The van der Waals surface area contributed by atoms with E-state index in [4.69, 9.17) is 16.1 Å². The molecular formula is C17H23ClN4O2. The highest BCUT2D eigenvalue weighted by molar-refractivity contribution is 6.30. The van der Waals surface area contributed by atoms with E-state index in [0.717, 1.165) is 0 Å². The summed E-state index contributed by atoms with van der Waals surface area (Å²) in [5.74, 6) is 0.953. The molecule has 7 heteroatoms. The van der Waals surface area contributed by atoms with Crippen molar-refractivity contribution in [1.82, 2.24) is 20.8 Å². The topological polar surface area (TPSA) is 80.0 Å². The van der Waals surface area contributed by atoms with Gasteiger partial charge in [-0.1, -0.05) is 30.6 Å². The fourth-order valence-electron chi connectivity index (χ4n) is 2.19. The average molecular weight is 351 g/mol. The number of rotatable bonds is 7. The maximum Gasteiger partial charge on any atom is 0.251 e. The summed E-state index contributed by atoms with van der Waals surface area (Å²) in [6.45, 7) is 6.03. The van der Waals surface area contributed by atoms with Crippen LogP contribution in [0.5, 0.6) is 0 Å². The zero-order valence-corrected chi connectivity index (χ0v) is 15.1. The van der Waals surface area contributed by atoms with Crippen LogP contribution in [-0.2, 0) is 6.42 Å². The molecule has 0 aliphatic carbocycles. The minimum absolute atomic E-state index is 0.108. The number of nitrogens with one attached hydrogen (secondary N) is 2. The number of halogens is 1. The fourth-order valence-corrected chi connectivity index (χ4v) is 2.32. The van der Waals surface area contributed by atoms with Gasteiger partial charge in [0.2, 0.25) is 5.89 Å². The summed E-state index contributed by atoms with van der Waals surface area (Å²) >= 11 is 5.85. The molecule has 1 amide bonds. The molecule has 0 spiro atoms. The number of likely N-dealkylation sites (N-methyl/N-ethyl adjacent to an activating group) is 1. The van der Waals surface area contributed by atoms with Crippen molar-refractivity contribution < 1.29 is 9.32 Å². The summed E-state index contributed by atoms with van der Waals surface area (Å²) in [7, 11) is 1.88. The summed E-state index contributed by atoms with van der Waals surface area (Å²) < 4.78 is 5.36. The SMILES string of the molecule is CNC(C)Cc1noc(C(NC(=O)c2ccc(Cl)cc2)C(C)C)n1. The Balaban J connectivity index is 2.12. The molecule has 6 nitrogen and oxygen atoms in total. The van der Waals surface area contributed by atoms with Gasteiger partial charge in [0, 0.05) is 23.0 Å². The van der Waals surface area contributed by atoms with Gasteiger partial charge in [-0.3, -0.25) is 4.79 Å². The summed E-state index contributed by atoms with van der Waals surface area (Å²) in [6.07, 6.45) is 0.663. The maximum absolute atomic E-state index is 12.4. The van der Waals surface area contributed by atoms with Gasteiger partial charge < -0.3 is 15.2 Å². The van der Waals surface area contributed by atoms with Crippen molar-refractivity contribution in [2.75, 3.05) is 7.05 Å². The molecular weight excluding hydrogens is 328 g/mol.